The van der Waals surface area contributed by atoms with Crippen molar-refractivity contribution in [2.24, 2.45) is 0 Å². The number of benzene rings is 2. The van der Waals surface area contributed by atoms with Crippen molar-refractivity contribution in [3.63, 3.8) is 0 Å². The van der Waals surface area contributed by atoms with E-state index in [0.29, 0.717) is 16.8 Å². The van der Waals surface area contributed by atoms with E-state index in [1.54, 1.807) is 40.2 Å². The molecule has 2 aliphatic rings. The van der Waals surface area contributed by atoms with Crippen molar-refractivity contribution in [3.05, 3.63) is 60.8 Å². The van der Waals surface area contributed by atoms with Crippen LogP contribution in [0.25, 0.3) is 21.0 Å². The first-order valence-electron chi connectivity index (χ1n) is 12.3. The summed E-state index contributed by atoms with van der Waals surface area (Å²) in [7, 11) is -3.57. The molecule has 6 rings (SSSR count). The lowest BCUT2D eigenvalue weighted by molar-refractivity contribution is 0.232. The maximum atomic E-state index is 13.7. The highest BCUT2D eigenvalue weighted by atomic mass is 32.2. The molecule has 2 fully saturated rings. The molecule has 7 nitrogen and oxygen atoms in total. The number of aromatic nitrogens is 2. The van der Waals surface area contributed by atoms with Crippen LogP contribution in [0.5, 0.6) is 0 Å². The average Bonchev–Trinajstić information content (AvgIpc) is 3.55. The lowest BCUT2D eigenvalue weighted by Crippen LogP contribution is -2.48. The predicted molar refractivity (Wildman–Crippen MR) is 142 cm³/mol. The topological polar surface area (TPSA) is 69.6 Å². The van der Waals surface area contributed by atoms with Crippen molar-refractivity contribution in [2.45, 2.75) is 30.2 Å². The molecular formula is C26H29N5O2S2. The van der Waals surface area contributed by atoms with Gasteiger partial charge in [-0.15, -0.1) is 0 Å². The molecule has 2 aliphatic heterocycles. The van der Waals surface area contributed by atoms with Crippen LogP contribution in [-0.4, -0.2) is 72.3 Å². The first kappa shape index (κ1) is 22.8. The van der Waals surface area contributed by atoms with Gasteiger partial charge in [-0.25, -0.2) is 8.42 Å². The van der Waals surface area contributed by atoms with Crippen LogP contribution in [0.3, 0.4) is 0 Å². The third-order valence-corrected chi connectivity index (χ3v) is 10.2. The van der Waals surface area contributed by atoms with Crippen molar-refractivity contribution in [3.8, 4) is 0 Å². The van der Waals surface area contributed by atoms with Crippen LogP contribution in [0.15, 0.2) is 65.7 Å². The smallest absolute Gasteiger partial charge is 0.243 e. The number of anilines is 1. The van der Waals surface area contributed by atoms with Gasteiger partial charge >= 0.3 is 0 Å². The van der Waals surface area contributed by atoms with Crippen LogP contribution >= 0.6 is 11.5 Å². The van der Waals surface area contributed by atoms with Crippen LogP contribution in [0, 0.1) is 0 Å². The SMILES string of the molecule is O=S(=O)(c1cccc2ncccc12)N1CCC[C@@H]1CCN1CCN(c2nsc3ccccc23)CC1. The fourth-order valence-corrected chi connectivity index (χ4v) is 8.18. The van der Waals surface area contributed by atoms with Gasteiger partial charge in [-0.1, -0.05) is 18.2 Å². The summed E-state index contributed by atoms with van der Waals surface area (Å²) in [5.74, 6) is 1.10. The van der Waals surface area contributed by atoms with Gasteiger partial charge in [0.05, 0.1) is 15.1 Å². The van der Waals surface area contributed by atoms with Crippen molar-refractivity contribution < 1.29 is 8.42 Å². The number of hydrogen-bond donors (Lipinski definition) is 0. The van der Waals surface area contributed by atoms with Gasteiger partial charge in [0.25, 0.3) is 0 Å². The first-order valence-corrected chi connectivity index (χ1v) is 14.5. The Labute approximate surface area is 210 Å². The maximum absolute atomic E-state index is 13.7. The van der Waals surface area contributed by atoms with E-state index in [4.69, 9.17) is 4.37 Å². The molecule has 0 bridgehead atoms. The molecule has 0 N–H and O–H groups in total. The van der Waals surface area contributed by atoms with Gasteiger partial charge in [0.1, 0.15) is 5.82 Å². The summed E-state index contributed by atoms with van der Waals surface area (Å²) in [4.78, 5) is 9.57. The number of pyridine rings is 1. The van der Waals surface area contributed by atoms with E-state index in [-0.39, 0.29) is 6.04 Å². The Balaban J connectivity index is 1.11. The molecule has 4 aromatic rings. The molecule has 4 heterocycles. The van der Waals surface area contributed by atoms with Crippen LogP contribution in [0.4, 0.5) is 5.82 Å². The van der Waals surface area contributed by atoms with Crippen LogP contribution < -0.4 is 4.90 Å². The number of piperazine rings is 1. The van der Waals surface area contributed by atoms with Crippen molar-refractivity contribution >= 4 is 48.4 Å². The normalized spacial score (nSPS) is 20.2. The number of fused-ring (bicyclic) bond motifs is 2. The molecule has 0 amide bonds. The minimum absolute atomic E-state index is 0.0486. The third kappa shape index (κ3) is 4.31. The number of nitrogens with zero attached hydrogens (tertiary/aromatic N) is 5. The molecule has 1 atom stereocenters. The molecule has 9 heteroatoms. The van der Waals surface area contributed by atoms with Gasteiger partial charge in [-0.05, 0) is 73.7 Å². The van der Waals surface area contributed by atoms with Crippen molar-refractivity contribution in [1.82, 2.24) is 18.6 Å². The Morgan fingerprint density at radius 3 is 2.63 bits per heavy atom. The van der Waals surface area contributed by atoms with Crippen LogP contribution in [0.1, 0.15) is 19.3 Å². The summed E-state index contributed by atoms with van der Waals surface area (Å²) in [6, 6.07) is 17.5. The lowest BCUT2D eigenvalue weighted by Gasteiger charge is -2.36. The highest BCUT2D eigenvalue weighted by Gasteiger charge is 2.36. The van der Waals surface area contributed by atoms with Crippen molar-refractivity contribution in [2.75, 3.05) is 44.2 Å². The second-order valence-corrected chi connectivity index (χ2v) is 12.0. The van der Waals surface area contributed by atoms with Gasteiger partial charge in [-0.2, -0.15) is 8.68 Å². The second kappa shape index (κ2) is 9.46. The molecular weight excluding hydrogens is 478 g/mol. The standard InChI is InChI=1S/C26H29N5O2S2/c32-35(33,25-11-3-9-23-21(25)8-4-13-27-23)31-14-5-6-20(31)12-15-29-16-18-30(19-17-29)26-22-7-1-2-10-24(22)34-28-26/h1-4,7-11,13,20H,5-6,12,14-19H2/t20-/m1/s1. The van der Waals surface area contributed by atoms with Gasteiger partial charge in [-0.3, -0.25) is 9.88 Å². The summed E-state index contributed by atoms with van der Waals surface area (Å²) in [5, 5.41) is 1.94. The van der Waals surface area contributed by atoms with Gasteiger partial charge in [0.2, 0.25) is 10.0 Å². The largest absolute Gasteiger partial charge is 0.353 e. The van der Waals surface area contributed by atoms with Gasteiger partial charge in [0.15, 0.2) is 0 Å². The van der Waals surface area contributed by atoms with E-state index in [9.17, 15) is 8.42 Å². The van der Waals surface area contributed by atoms with Gasteiger partial charge in [0, 0.05) is 55.7 Å². The average molecular weight is 508 g/mol. The van der Waals surface area contributed by atoms with Gasteiger partial charge < -0.3 is 4.90 Å². The monoisotopic (exact) mass is 507 g/mol. The molecule has 0 spiro atoms. The molecule has 2 aromatic heterocycles. The summed E-state index contributed by atoms with van der Waals surface area (Å²) in [6.45, 7) is 5.35. The van der Waals surface area contributed by atoms with E-state index >= 15 is 0 Å². The number of hydrogen-bond acceptors (Lipinski definition) is 7. The number of sulfonamides is 1. The van der Waals surface area contributed by atoms with Crippen LogP contribution in [0.2, 0.25) is 0 Å². The molecule has 35 heavy (non-hydrogen) atoms. The van der Waals surface area contributed by atoms with E-state index in [1.807, 2.05) is 12.1 Å². The molecule has 182 valence electrons. The minimum Gasteiger partial charge on any atom is -0.353 e. The zero-order chi connectivity index (χ0) is 23.8. The van der Waals surface area contributed by atoms with Crippen LogP contribution in [-0.2, 0) is 10.0 Å². The summed E-state index contributed by atoms with van der Waals surface area (Å²) >= 11 is 1.57. The summed E-state index contributed by atoms with van der Waals surface area (Å²) < 4.78 is 35.0. The fourth-order valence-electron chi connectivity index (χ4n) is 5.46. The van der Waals surface area contributed by atoms with E-state index in [2.05, 4.69) is 39.0 Å². The molecule has 0 aliphatic carbocycles. The number of rotatable bonds is 6. The fraction of sp³-hybridized carbons (Fsp3) is 0.385. The molecule has 0 radical (unpaired) electrons. The predicted octanol–water partition coefficient (Wildman–Crippen LogP) is 4.21. The second-order valence-electron chi connectivity index (χ2n) is 9.36. The Morgan fingerprint density at radius 2 is 1.74 bits per heavy atom. The molecule has 0 unspecified atom stereocenters. The Bertz CT molecular complexity index is 1440. The Morgan fingerprint density at radius 1 is 0.914 bits per heavy atom. The Kier molecular flexibility index (Phi) is 6.18. The molecule has 2 aromatic carbocycles. The highest BCUT2D eigenvalue weighted by Crippen LogP contribution is 2.32. The quantitative estimate of drug-likeness (QED) is 0.389. The van der Waals surface area contributed by atoms with Crippen molar-refractivity contribution in [1.29, 1.82) is 0 Å². The molecule has 2 saturated heterocycles. The zero-order valence-corrected chi connectivity index (χ0v) is 21.2. The first-order chi connectivity index (χ1) is 17.1. The zero-order valence-electron chi connectivity index (χ0n) is 19.6. The summed E-state index contributed by atoms with van der Waals surface area (Å²) in [5.41, 5.74) is 0.718. The highest BCUT2D eigenvalue weighted by molar-refractivity contribution is 7.89. The summed E-state index contributed by atoms with van der Waals surface area (Å²) in [6.07, 6.45) is 4.40. The Hall–Kier alpha value is -2.59. The third-order valence-electron chi connectivity index (χ3n) is 7.32. The van der Waals surface area contributed by atoms with E-state index in [1.165, 1.54) is 10.1 Å². The van der Waals surface area contributed by atoms with E-state index < -0.39 is 10.0 Å². The molecule has 0 saturated carbocycles. The minimum atomic E-state index is -3.57. The lowest BCUT2D eigenvalue weighted by atomic mass is 10.1. The van der Waals surface area contributed by atoms with E-state index in [0.717, 1.165) is 63.3 Å². The maximum Gasteiger partial charge on any atom is 0.243 e.